The summed E-state index contributed by atoms with van der Waals surface area (Å²) in [6, 6.07) is 0. The molecular weight excluding hydrogens is 274 g/mol. The molecule has 1 aromatic rings. The highest BCUT2D eigenvalue weighted by atomic mass is 19.2. The highest BCUT2D eigenvalue weighted by Gasteiger charge is 2.31. The van der Waals surface area contributed by atoms with Gasteiger partial charge >= 0.3 is 0 Å². The normalized spacial score (nSPS) is 18.6. The van der Waals surface area contributed by atoms with Crippen molar-refractivity contribution in [3.8, 4) is 0 Å². The summed E-state index contributed by atoms with van der Waals surface area (Å²) in [5.41, 5.74) is 0.0327. The SMILES string of the molecule is CC(=O)C1=CCC(C)=CC1c1c(F)c(F)nc(F)c1F. The molecule has 1 heterocycles. The molecule has 0 aromatic carbocycles. The fraction of sp³-hybridized carbons (Fsp3) is 0.286. The number of halogens is 4. The van der Waals surface area contributed by atoms with Crippen LogP contribution >= 0.6 is 0 Å². The number of aromatic nitrogens is 1. The average molecular weight is 285 g/mol. The van der Waals surface area contributed by atoms with Crippen LogP contribution in [0.3, 0.4) is 0 Å². The van der Waals surface area contributed by atoms with Gasteiger partial charge in [-0.25, -0.2) is 8.78 Å². The lowest BCUT2D eigenvalue weighted by Gasteiger charge is -2.21. The Morgan fingerprint density at radius 3 is 2.25 bits per heavy atom. The summed E-state index contributed by atoms with van der Waals surface area (Å²) in [6.45, 7) is 2.93. The van der Waals surface area contributed by atoms with Crippen molar-refractivity contribution in [2.45, 2.75) is 26.2 Å². The van der Waals surface area contributed by atoms with E-state index in [0.717, 1.165) is 5.57 Å². The van der Waals surface area contributed by atoms with Gasteiger partial charge in [-0.15, -0.1) is 0 Å². The van der Waals surface area contributed by atoms with Crippen molar-refractivity contribution < 1.29 is 22.4 Å². The van der Waals surface area contributed by atoms with Gasteiger partial charge in [-0.3, -0.25) is 4.79 Å². The Kier molecular flexibility index (Phi) is 3.74. The molecule has 2 nitrogen and oxygen atoms in total. The molecule has 1 aromatic heterocycles. The summed E-state index contributed by atoms with van der Waals surface area (Å²) in [7, 11) is 0. The molecule has 0 aliphatic heterocycles. The molecule has 0 saturated heterocycles. The topological polar surface area (TPSA) is 30.0 Å². The number of allylic oxidation sites excluding steroid dienone is 4. The molecule has 1 aliphatic carbocycles. The van der Waals surface area contributed by atoms with Gasteiger partial charge in [0.05, 0.1) is 0 Å². The van der Waals surface area contributed by atoms with Crippen LogP contribution in [-0.2, 0) is 4.79 Å². The van der Waals surface area contributed by atoms with E-state index in [-0.39, 0.29) is 5.57 Å². The zero-order valence-corrected chi connectivity index (χ0v) is 10.8. The molecule has 1 unspecified atom stereocenters. The third kappa shape index (κ3) is 2.37. The highest BCUT2D eigenvalue weighted by molar-refractivity contribution is 5.95. The number of carbonyl (C=O) groups is 1. The largest absolute Gasteiger partial charge is 0.295 e. The van der Waals surface area contributed by atoms with E-state index in [1.807, 2.05) is 0 Å². The molecule has 0 amide bonds. The predicted molar refractivity (Wildman–Crippen MR) is 63.9 cm³/mol. The van der Waals surface area contributed by atoms with Crippen LogP contribution in [-0.4, -0.2) is 10.8 Å². The van der Waals surface area contributed by atoms with Crippen molar-refractivity contribution in [1.29, 1.82) is 0 Å². The van der Waals surface area contributed by atoms with Crippen LogP contribution < -0.4 is 0 Å². The Labute approximate surface area is 112 Å². The maximum Gasteiger partial charge on any atom is 0.252 e. The van der Waals surface area contributed by atoms with Gasteiger partial charge in [0.25, 0.3) is 11.9 Å². The third-order valence-corrected chi connectivity index (χ3v) is 3.18. The zero-order chi connectivity index (χ0) is 15.0. The number of hydrogen-bond donors (Lipinski definition) is 0. The molecule has 6 heteroatoms. The van der Waals surface area contributed by atoms with Crippen molar-refractivity contribution in [2.24, 2.45) is 0 Å². The van der Waals surface area contributed by atoms with E-state index in [2.05, 4.69) is 4.98 Å². The van der Waals surface area contributed by atoms with Crippen LogP contribution in [0.4, 0.5) is 17.6 Å². The van der Waals surface area contributed by atoms with Gasteiger partial charge in [-0.05, 0) is 20.3 Å². The van der Waals surface area contributed by atoms with E-state index in [0.29, 0.717) is 6.42 Å². The molecule has 0 bridgehead atoms. The van der Waals surface area contributed by atoms with Gasteiger partial charge in [0.15, 0.2) is 17.4 Å². The van der Waals surface area contributed by atoms with Crippen LogP contribution in [0, 0.1) is 23.5 Å². The second-order valence-corrected chi connectivity index (χ2v) is 4.65. The summed E-state index contributed by atoms with van der Waals surface area (Å²) in [5, 5.41) is 0. The zero-order valence-electron chi connectivity index (χ0n) is 10.8. The molecule has 0 fully saturated rings. The summed E-state index contributed by atoms with van der Waals surface area (Å²) in [4.78, 5) is 14.0. The van der Waals surface area contributed by atoms with Gasteiger partial charge in [0.1, 0.15) is 0 Å². The minimum Gasteiger partial charge on any atom is -0.295 e. The summed E-state index contributed by atoms with van der Waals surface area (Å²) in [5.74, 6) is -8.15. The second kappa shape index (κ2) is 5.19. The lowest BCUT2D eigenvalue weighted by Crippen LogP contribution is -2.17. The highest BCUT2D eigenvalue weighted by Crippen LogP contribution is 2.36. The van der Waals surface area contributed by atoms with E-state index in [1.54, 1.807) is 6.92 Å². The third-order valence-electron chi connectivity index (χ3n) is 3.18. The molecule has 1 aliphatic rings. The average Bonchev–Trinajstić information content (AvgIpc) is 2.36. The monoisotopic (exact) mass is 285 g/mol. The molecule has 106 valence electrons. The van der Waals surface area contributed by atoms with Crippen LogP contribution in [0.2, 0.25) is 0 Å². The van der Waals surface area contributed by atoms with E-state index >= 15 is 0 Å². The number of hydrogen-bond acceptors (Lipinski definition) is 2. The molecule has 0 saturated carbocycles. The molecular formula is C14H11F4NO. The first-order valence-corrected chi connectivity index (χ1v) is 5.91. The summed E-state index contributed by atoms with van der Waals surface area (Å²) in [6.07, 6.45) is 3.39. The fourth-order valence-corrected chi connectivity index (χ4v) is 2.22. The quantitative estimate of drug-likeness (QED) is 0.472. The molecule has 0 N–H and O–H groups in total. The first-order chi connectivity index (χ1) is 9.32. The standard InChI is InChI=1S/C14H11F4NO/c1-6-3-4-8(7(2)20)9(5-6)10-11(15)13(17)19-14(18)12(10)16/h4-5,9H,3H2,1-2H3. The van der Waals surface area contributed by atoms with Crippen LogP contribution in [0.15, 0.2) is 23.3 Å². The smallest absolute Gasteiger partial charge is 0.252 e. The Bertz CT molecular complexity index is 623. The van der Waals surface area contributed by atoms with Crippen LogP contribution in [0.25, 0.3) is 0 Å². The van der Waals surface area contributed by atoms with Gasteiger partial charge in [0.2, 0.25) is 0 Å². The predicted octanol–water partition coefficient (Wildman–Crippen LogP) is 3.59. The van der Waals surface area contributed by atoms with Crippen molar-refractivity contribution in [1.82, 2.24) is 4.98 Å². The molecule has 20 heavy (non-hydrogen) atoms. The molecule has 1 atom stereocenters. The van der Waals surface area contributed by atoms with E-state index in [9.17, 15) is 22.4 Å². The maximum absolute atomic E-state index is 13.8. The fourth-order valence-electron chi connectivity index (χ4n) is 2.22. The van der Waals surface area contributed by atoms with E-state index in [4.69, 9.17) is 0 Å². The van der Waals surface area contributed by atoms with Crippen molar-refractivity contribution in [2.75, 3.05) is 0 Å². The van der Waals surface area contributed by atoms with Crippen molar-refractivity contribution in [3.05, 3.63) is 52.4 Å². The molecule has 0 spiro atoms. The van der Waals surface area contributed by atoms with Crippen LogP contribution in [0.5, 0.6) is 0 Å². The lowest BCUT2D eigenvalue weighted by molar-refractivity contribution is -0.113. The van der Waals surface area contributed by atoms with Crippen molar-refractivity contribution >= 4 is 5.78 Å². The first-order valence-electron chi connectivity index (χ1n) is 5.91. The molecule has 0 radical (unpaired) electrons. The van der Waals surface area contributed by atoms with Gasteiger partial charge < -0.3 is 0 Å². The number of rotatable bonds is 2. The van der Waals surface area contributed by atoms with Gasteiger partial charge in [-0.1, -0.05) is 17.7 Å². The second-order valence-electron chi connectivity index (χ2n) is 4.65. The minimum absolute atomic E-state index is 0.110. The number of Topliss-reactive ketones (excluding diaryl/α,β-unsaturated/α-hetero) is 1. The number of nitrogens with zero attached hydrogens (tertiary/aromatic N) is 1. The van der Waals surface area contributed by atoms with Crippen LogP contribution in [0.1, 0.15) is 31.7 Å². The van der Waals surface area contributed by atoms with Crippen molar-refractivity contribution in [3.63, 3.8) is 0 Å². The number of ketones is 1. The first kappa shape index (κ1) is 14.4. The maximum atomic E-state index is 13.8. The summed E-state index contributed by atoms with van der Waals surface area (Å²) < 4.78 is 53.9. The van der Waals surface area contributed by atoms with Gasteiger partial charge in [-0.2, -0.15) is 13.8 Å². The minimum atomic E-state index is -1.72. The van der Waals surface area contributed by atoms with E-state index in [1.165, 1.54) is 19.1 Å². The lowest BCUT2D eigenvalue weighted by atomic mass is 9.82. The Balaban J connectivity index is 2.68. The Morgan fingerprint density at radius 2 is 1.75 bits per heavy atom. The number of carbonyl (C=O) groups excluding carboxylic acids is 1. The van der Waals surface area contributed by atoms with E-state index < -0.39 is 40.8 Å². The number of pyridine rings is 1. The Morgan fingerprint density at radius 1 is 1.20 bits per heavy atom. The molecule has 2 rings (SSSR count). The van der Waals surface area contributed by atoms with Gasteiger partial charge in [0, 0.05) is 17.1 Å². The summed E-state index contributed by atoms with van der Waals surface area (Å²) >= 11 is 0. The Hall–Kier alpha value is -1.98.